The number of nitrogens with one attached hydrogen (secondary N) is 1. The van der Waals surface area contributed by atoms with Crippen LogP contribution in [0.4, 0.5) is 0 Å². The van der Waals surface area contributed by atoms with Crippen LogP contribution >= 0.6 is 27.3 Å². The molecule has 0 amide bonds. The Bertz CT molecular complexity index is 441. The molecule has 0 radical (unpaired) electrons. The van der Waals surface area contributed by atoms with Gasteiger partial charge in [-0.25, -0.2) is 8.42 Å². The van der Waals surface area contributed by atoms with Crippen LogP contribution in [0.3, 0.4) is 0 Å². The Labute approximate surface area is 102 Å². The van der Waals surface area contributed by atoms with E-state index in [0.717, 1.165) is 17.4 Å². The van der Waals surface area contributed by atoms with Crippen molar-refractivity contribution in [2.45, 2.75) is 19.0 Å². The number of hydrogen-bond donors (Lipinski definition) is 1. The van der Waals surface area contributed by atoms with Gasteiger partial charge in [-0.15, -0.1) is 11.3 Å². The third kappa shape index (κ3) is 3.03. The molecule has 3 nitrogen and oxygen atoms in total. The first-order valence-corrected chi connectivity index (χ1v) is 8.22. The fourth-order valence-corrected chi connectivity index (χ4v) is 4.80. The van der Waals surface area contributed by atoms with Crippen molar-refractivity contribution in [3.8, 4) is 0 Å². The topological polar surface area (TPSA) is 46.2 Å². The second-order valence-electron chi connectivity index (χ2n) is 3.67. The van der Waals surface area contributed by atoms with Crippen LogP contribution in [-0.4, -0.2) is 26.0 Å². The molecule has 84 valence electrons. The van der Waals surface area contributed by atoms with E-state index < -0.39 is 9.84 Å². The number of rotatable bonds is 3. The molecule has 0 unspecified atom stereocenters. The Morgan fingerprint density at radius 1 is 1.60 bits per heavy atom. The molecule has 1 aliphatic heterocycles. The minimum absolute atomic E-state index is 0.129. The summed E-state index contributed by atoms with van der Waals surface area (Å²) in [5.74, 6) is 0.617. The van der Waals surface area contributed by atoms with Gasteiger partial charge in [0.15, 0.2) is 9.84 Å². The van der Waals surface area contributed by atoms with Crippen LogP contribution in [-0.2, 0) is 16.4 Å². The molecule has 1 fully saturated rings. The largest absolute Gasteiger partial charge is 0.308 e. The van der Waals surface area contributed by atoms with Crippen LogP contribution in [0.25, 0.3) is 0 Å². The lowest BCUT2D eigenvalue weighted by Crippen LogP contribution is -2.29. The summed E-state index contributed by atoms with van der Waals surface area (Å²) in [7, 11) is -2.77. The first kappa shape index (κ1) is 11.6. The molecule has 1 N–H and O–H groups in total. The summed E-state index contributed by atoms with van der Waals surface area (Å²) >= 11 is 5.12. The molecule has 0 saturated carbocycles. The van der Waals surface area contributed by atoms with Crippen LogP contribution in [0, 0.1) is 0 Å². The first-order valence-electron chi connectivity index (χ1n) is 4.72. The molecule has 0 aromatic carbocycles. The number of halogens is 1. The summed E-state index contributed by atoms with van der Waals surface area (Å²) in [6.07, 6.45) is 0.741. The van der Waals surface area contributed by atoms with Gasteiger partial charge in [0.05, 0.1) is 11.5 Å². The van der Waals surface area contributed by atoms with E-state index in [1.807, 2.05) is 11.4 Å². The molecule has 1 aromatic heterocycles. The second kappa shape index (κ2) is 4.53. The second-order valence-corrected chi connectivity index (χ2v) is 7.76. The van der Waals surface area contributed by atoms with Crippen molar-refractivity contribution in [1.82, 2.24) is 5.32 Å². The zero-order chi connectivity index (χ0) is 10.9. The van der Waals surface area contributed by atoms with E-state index in [4.69, 9.17) is 0 Å². The Balaban J connectivity index is 1.88. The first-order chi connectivity index (χ1) is 7.07. The van der Waals surface area contributed by atoms with Crippen LogP contribution in [0.1, 0.15) is 11.3 Å². The van der Waals surface area contributed by atoms with E-state index in [9.17, 15) is 8.42 Å². The number of hydrogen-bond acceptors (Lipinski definition) is 4. The molecule has 1 aliphatic rings. The predicted molar refractivity (Wildman–Crippen MR) is 65.9 cm³/mol. The fraction of sp³-hybridized carbons (Fsp3) is 0.556. The van der Waals surface area contributed by atoms with E-state index in [0.29, 0.717) is 5.75 Å². The van der Waals surface area contributed by atoms with Crippen LogP contribution in [0.5, 0.6) is 0 Å². The van der Waals surface area contributed by atoms with Crippen molar-refractivity contribution in [3.05, 3.63) is 20.8 Å². The fourth-order valence-electron chi connectivity index (χ4n) is 1.64. The van der Waals surface area contributed by atoms with Crippen molar-refractivity contribution in [3.63, 3.8) is 0 Å². The molecule has 15 heavy (non-hydrogen) atoms. The molecule has 2 heterocycles. The molecule has 6 heteroatoms. The van der Waals surface area contributed by atoms with Crippen LogP contribution in [0.2, 0.25) is 0 Å². The van der Waals surface area contributed by atoms with E-state index in [1.165, 1.54) is 4.88 Å². The molecule has 0 spiro atoms. The Kier molecular flexibility index (Phi) is 3.49. The third-order valence-corrected chi connectivity index (χ3v) is 6.17. The smallest absolute Gasteiger partial charge is 0.151 e. The van der Waals surface area contributed by atoms with Gasteiger partial charge in [-0.2, -0.15) is 0 Å². The van der Waals surface area contributed by atoms with Gasteiger partial charge in [0.1, 0.15) is 0 Å². The van der Waals surface area contributed by atoms with E-state index >= 15 is 0 Å². The minimum atomic E-state index is -2.77. The van der Waals surface area contributed by atoms with Gasteiger partial charge in [0.2, 0.25) is 0 Å². The van der Waals surface area contributed by atoms with Gasteiger partial charge < -0.3 is 5.32 Å². The van der Waals surface area contributed by atoms with Gasteiger partial charge >= 0.3 is 0 Å². The van der Waals surface area contributed by atoms with Gasteiger partial charge in [-0.05, 0) is 33.8 Å². The summed E-state index contributed by atoms with van der Waals surface area (Å²) in [6.45, 7) is 0.748. The minimum Gasteiger partial charge on any atom is -0.308 e. The molecule has 0 bridgehead atoms. The maximum atomic E-state index is 11.2. The molecule has 0 aliphatic carbocycles. The number of thiophene rings is 1. The van der Waals surface area contributed by atoms with E-state index in [-0.39, 0.29) is 11.8 Å². The number of sulfone groups is 1. The van der Waals surface area contributed by atoms with Crippen LogP contribution < -0.4 is 5.32 Å². The van der Waals surface area contributed by atoms with Gasteiger partial charge in [0, 0.05) is 21.9 Å². The standard InChI is InChI=1S/C9H12BrNO2S2/c10-8-1-3-14-9(8)5-11-7-2-4-15(12,13)6-7/h1,3,7,11H,2,4-6H2/t7-/m0/s1. The van der Waals surface area contributed by atoms with Gasteiger partial charge in [-0.3, -0.25) is 0 Å². The van der Waals surface area contributed by atoms with Crippen molar-refractivity contribution >= 4 is 37.1 Å². The predicted octanol–water partition coefficient (Wildman–Crippen LogP) is 1.79. The Morgan fingerprint density at radius 2 is 2.40 bits per heavy atom. The summed E-state index contributed by atoms with van der Waals surface area (Å²) in [5.41, 5.74) is 0. The summed E-state index contributed by atoms with van der Waals surface area (Å²) < 4.78 is 23.5. The quantitative estimate of drug-likeness (QED) is 0.926. The molecular weight excluding hydrogens is 298 g/mol. The van der Waals surface area contributed by atoms with Crippen molar-refractivity contribution in [2.75, 3.05) is 11.5 Å². The monoisotopic (exact) mass is 309 g/mol. The lowest BCUT2D eigenvalue weighted by Gasteiger charge is -2.09. The highest BCUT2D eigenvalue weighted by Crippen LogP contribution is 2.23. The van der Waals surface area contributed by atoms with E-state index in [1.54, 1.807) is 11.3 Å². The third-order valence-electron chi connectivity index (χ3n) is 2.47. The van der Waals surface area contributed by atoms with Crippen molar-refractivity contribution in [1.29, 1.82) is 0 Å². The molecule has 1 saturated heterocycles. The molecule has 2 rings (SSSR count). The summed E-state index contributed by atoms with van der Waals surface area (Å²) in [6, 6.07) is 2.14. The molecule has 1 aromatic rings. The lowest BCUT2D eigenvalue weighted by atomic mass is 10.2. The zero-order valence-electron chi connectivity index (χ0n) is 8.07. The maximum Gasteiger partial charge on any atom is 0.151 e. The van der Waals surface area contributed by atoms with Crippen molar-refractivity contribution < 1.29 is 8.42 Å². The Morgan fingerprint density at radius 3 is 2.93 bits per heavy atom. The average molecular weight is 310 g/mol. The van der Waals surface area contributed by atoms with Crippen molar-refractivity contribution in [2.24, 2.45) is 0 Å². The highest BCUT2D eigenvalue weighted by molar-refractivity contribution is 9.10. The molecular formula is C9H12BrNO2S2. The summed E-state index contributed by atoms with van der Waals surface area (Å²) in [4.78, 5) is 1.22. The normalized spacial score (nSPS) is 24.5. The van der Waals surface area contributed by atoms with E-state index in [2.05, 4.69) is 21.2 Å². The van der Waals surface area contributed by atoms with Gasteiger partial charge in [-0.1, -0.05) is 0 Å². The van der Waals surface area contributed by atoms with Crippen LogP contribution in [0.15, 0.2) is 15.9 Å². The Hall–Kier alpha value is 0.0900. The zero-order valence-corrected chi connectivity index (χ0v) is 11.3. The lowest BCUT2D eigenvalue weighted by molar-refractivity contribution is 0.557. The van der Waals surface area contributed by atoms with Gasteiger partial charge in [0.25, 0.3) is 0 Å². The SMILES string of the molecule is O=S1(=O)CC[C@H](NCc2sccc2Br)C1. The highest BCUT2D eigenvalue weighted by atomic mass is 79.9. The highest BCUT2D eigenvalue weighted by Gasteiger charge is 2.27. The maximum absolute atomic E-state index is 11.2. The average Bonchev–Trinajstić information content (AvgIpc) is 2.69. The summed E-state index contributed by atoms with van der Waals surface area (Å²) in [5, 5.41) is 5.30. The molecule has 1 atom stereocenters.